The Morgan fingerprint density at radius 3 is 2.55 bits per heavy atom. The van der Waals surface area contributed by atoms with Gasteiger partial charge in [-0.3, -0.25) is 0 Å². The van der Waals surface area contributed by atoms with Crippen LogP contribution in [0.3, 0.4) is 0 Å². The summed E-state index contributed by atoms with van der Waals surface area (Å²) in [7, 11) is 1.32. The second-order valence-corrected chi connectivity index (χ2v) is 12.2. The normalized spacial score (nSPS) is 21.5. The van der Waals surface area contributed by atoms with E-state index in [0.29, 0.717) is 17.0 Å². The molecule has 2 bridgehead atoms. The molecule has 0 amide bonds. The highest BCUT2D eigenvalue weighted by Crippen LogP contribution is 2.47. The number of esters is 1. The lowest BCUT2D eigenvalue weighted by Crippen LogP contribution is -2.45. The number of alkyl halides is 3. The van der Waals surface area contributed by atoms with Crippen molar-refractivity contribution in [2.75, 3.05) is 12.0 Å². The minimum Gasteiger partial charge on any atom is -0.464 e. The van der Waals surface area contributed by atoms with E-state index in [-0.39, 0.29) is 47.7 Å². The van der Waals surface area contributed by atoms with E-state index in [2.05, 4.69) is 19.8 Å². The topological polar surface area (TPSA) is 99.8 Å². The van der Waals surface area contributed by atoms with Crippen LogP contribution in [0, 0.1) is 0 Å². The number of aromatic nitrogens is 3. The van der Waals surface area contributed by atoms with Gasteiger partial charge in [0.1, 0.15) is 22.9 Å². The number of hydrogen-bond acceptors (Lipinski definition) is 10. The number of piperidine rings is 1. The average Bonchev–Trinajstić information content (AvgIpc) is 3.48. The number of benzene rings is 1. The van der Waals surface area contributed by atoms with Gasteiger partial charge < -0.3 is 23.6 Å². The Kier molecular flexibility index (Phi) is 7.53. The van der Waals surface area contributed by atoms with Crippen LogP contribution in [-0.2, 0) is 16.1 Å². The number of para-hydroxylation sites is 1. The fourth-order valence-electron chi connectivity index (χ4n) is 6.28. The van der Waals surface area contributed by atoms with Crippen LogP contribution in [0.15, 0.2) is 52.5 Å². The molecule has 1 saturated carbocycles. The third-order valence-electron chi connectivity index (χ3n) is 8.45. The summed E-state index contributed by atoms with van der Waals surface area (Å²) in [6.07, 6.45) is 2.37. The smallest absolute Gasteiger partial charge is 0.464 e. The number of thiazole rings is 1. The van der Waals surface area contributed by atoms with E-state index in [9.17, 15) is 18.0 Å². The first-order chi connectivity index (χ1) is 21.3. The number of hydrogen-bond donors (Lipinski definition) is 0. The van der Waals surface area contributed by atoms with Crippen LogP contribution in [0.5, 0.6) is 5.75 Å². The Morgan fingerprint density at radius 2 is 1.86 bits per heavy atom. The van der Waals surface area contributed by atoms with Gasteiger partial charge in [0.25, 0.3) is 0 Å². The van der Waals surface area contributed by atoms with Gasteiger partial charge in [-0.25, -0.2) is 14.8 Å². The van der Waals surface area contributed by atoms with E-state index in [0.717, 1.165) is 54.9 Å². The van der Waals surface area contributed by atoms with Crippen LogP contribution in [0.2, 0.25) is 0 Å². The van der Waals surface area contributed by atoms with E-state index < -0.39 is 12.3 Å². The van der Waals surface area contributed by atoms with Crippen LogP contribution in [0.4, 0.5) is 18.3 Å². The van der Waals surface area contributed by atoms with Gasteiger partial charge in [0, 0.05) is 46.3 Å². The van der Waals surface area contributed by atoms with Gasteiger partial charge in [0.05, 0.1) is 25.5 Å². The highest BCUT2D eigenvalue weighted by Gasteiger charge is 2.43. The maximum atomic E-state index is 13.1. The summed E-state index contributed by atoms with van der Waals surface area (Å²) >= 11 is 1.58. The van der Waals surface area contributed by atoms with Gasteiger partial charge in [-0.05, 0) is 62.8 Å². The monoisotopic (exact) mass is 626 g/mol. The fourth-order valence-corrected chi connectivity index (χ4v) is 7.25. The number of rotatable bonds is 9. The Morgan fingerprint density at radius 1 is 1.09 bits per heavy atom. The average molecular weight is 627 g/mol. The first-order valence-corrected chi connectivity index (χ1v) is 15.4. The molecule has 2 unspecified atom stereocenters. The van der Waals surface area contributed by atoms with E-state index in [1.165, 1.54) is 19.2 Å². The van der Waals surface area contributed by atoms with Crippen molar-refractivity contribution >= 4 is 22.4 Å². The molecule has 13 heteroatoms. The third kappa shape index (κ3) is 5.77. The van der Waals surface area contributed by atoms with Crippen molar-refractivity contribution in [3.8, 4) is 28.3 Å². The van der Waals surface area contributed by atoms with Gasteiger partial charge in [0.2, 0.25) is 0 Å². The van der Waals surface area contributed by atoms with Crippen LogP contribution >= 0.6 is 11.3 Å². The summed E-state index contributed by atoms with van der Waals surface area (Å²) in [6.45, 7) is 0.199. The standard InChI is InChI=1S/C31H29F3N4O5S/c1-40-29(39)24-11-8-18(14-35-24)25-16-44-30(36-25)38-19-9-10-20(38)13-21(12-19)41-15-23-27(37-43-28(23)17-6-7-17)22-4-2-3-5-26(22)42-31(32,33)34/h2-5,8,11,14,16-17,19-21H,6-7,9-10,12-13,15H2,1H3/t19-,20?,21?/m1/s1. The number of carbonyl (C=O) groups excluding carboxylic acids is 1. The molecule has 5 heterocycles. The van der Waals surface area contributed by atoms with Gasteiger partial charge in [-0.1, -0.05) is 17.3 Å². The van der Waals surface area contributed by atoms with Crippen molar-refractivity contribution in [2.24, 2.45) is 0 Å². The summed E-state index contributed by atoms with van der Waals surface area (Å²) in [5, 5.41) is 7.14. The molecule has 2 aliphatic heterocycles. The summed E-state index contributed by atoms with van der Waals surface area (Å²) in [5.41, 5.74) is 3.11. The summed E-state index contributed by atoms with van der Waals surface area (Å²) in [6, 6.07) is 9.97. The van der Waals surface area contributed by atoms with Gasteiger partial charge in [-0.2, -0.15) is 0 Å². The predicted molar refractivity (Wildman–Crippen MR) is 154 cm³/mol. The van der Waals surface area contributed by atoms with Crippen molar-refractivity contribution in [1.82, 2.24) is 15.1 Å². The fraction of sp³-hybridized carbons (Fsp3) is 0.419. The molecule has 2 saturated heterocycles. The molecule has 3 aromatic heterocycles. The molecular weight excluding hydrogens is 597 g/mol. The van der Waals surface area contributed by atoms with E-state index in [1.54, 1.807) is 35.7 Å². The maximum Gasteiger partial charge on any atom is 0.573 e. The first-order valence-electron chi connectivity index (χ1n) is 14.5. The molecule has 230 valence electrons. The summed E-state index contributed by atoms with van der Waals surface area (Å²) < 4.78 is 60.6. The van der Waals surface area contributed by atoms with Gasteiger partial charge >= 0.3 is 12.3 Å². The molecule has 0 spiro atoms. The maximum absolute atomic E-state index is 13.1. The molecule has 1 aliphatic carbocycles. The summed E-state index contributed by atoms with van der Waals surface area (Å²) in [4.78, 5) is 23.2. The minimum absolute atomic E-state index is 0.0188. The van der Waals surface area contributed by atoms with Crippen LogP contribution in [0.1, 0.15) is 66.3 Å². The van der Waals surface area contributed by atoms with Crippen molar-refractivity contribution < 1.29 is 36.7 Å². The third-order valence-corrected chi connectivity index (χ3v) is 9.31. The Hall–Kier alpha value is -3.97. The van der Waals surface area contributed by atoms with E-state index in [1.807, 2.05) is 11.4 Å². The zero-order valence-corrected chi connectivity index (χ0v) is 24.6. The van der Waals surface area contributed by atoms with Crippen molar-refractivity contribution in [2.45, 2.75) is 75.6 Å². The quantitative estimate of drug-likeness (QED) is 0.180. The van der Waals surface area contributed by atoms with Crippen LogP contribution in [0.25, 0.3) is 22.5 Å². The lowest BCUT2D eigenvalue weighted by molar-refractivity contribution is -0.274. The lowest BCUT2D eigenvalue weighted by atomic mass is 10.00. The minimum atomic E-state index is -4.83. The molecular formula is C31H29F3N4O5S. The second-order valence-electron chi connectivity index (χ2n) is 11.3. The molecule has 3 atom stereocenters. The number of anilines is 1. The molecule has 4 aromatic rings. The number of carbonyl (C=O) groups is 1. The first kappa shape index (κ1) is 28.8. The number of ether oxygens (including phenoxy) is 3. The second kappa shape index (κ2) is 11.5. The van der Waals surface area contributed by atoms with E-state index >= 15 is 0 Å². The Bertz CT molecular complexity index is 1640. The highest BCUT2D eigenvalue weighted by molar-refractivity contribution is 7.14. The van der Waals surface area contributed by atoms with Crippen molar-refractivity contribution in [3.05, 3.63) is 65.0 Å². The van der Waals surface area contributed by atoms with E-state index in [4.69, 9.17) is 19.0 Å². The van der Waals surface area contributed by atoms with Crippen molar-refractivity contribution in [1.29, 1.82) is 0 Å². The number of nitrogens with zero attached hydrogens (tertiary/aromatic N) is 4. The number of fused-ring (bicyclic) bond motifs is 2. The highest BCUT2D eigenvalue weighted by atomic mass is 32.1. The largest absolute Gasteiger partial charge is 0.573 e. The number of methoxy groups -OCH3 is 1. The predicted octanol–water partition coefficient (Wildman–Crippen LogP) is 7.14. The molecule has 7 rings (SSSR count). The molecule has 44 heavy (non-hydrogen) atoms. The molecule has 1 aromatic carbocycles. The van der Waals surface area contributed by atoms with Gasteiger partial charge in [0.15, 0.2) is 5.13 Å². The summed E-state index contributed by atoms with van der Waals surface area (Å²) in [5.74, 6) is 0.0870. The lowest BCUT2D eigenvalue weighted by Gasteiger charge is -2.38. The molecule has 3 aliphatic rings. The number of halogens is 3. The Balaban J connectivity index is 1.05. The molecule has 0 N–H and O–H groups in total. The molecule has 3 fully saturated rings. The van der Waals surface area contributed by atoms with Crippen LogP contribution < -0.4 is 9.64 Å². The zero-order valence-electron chi connectivity index (χ0n) is 23.8. The van der Waals surface area contributed by atoms with Gasteiger partial charge in [-0.15, -0.1) is 24.5 Å². The van der Waals surface area contributed by atoms with Crippen LogP contribution in [-0.4, -0.2) is 52.8 Å². The Labute approximate surface area is 254 Å². The molecule has 0 radical (unpaired) electrons. The van der Waals surface area contributed by atoms with Crippen molar-refractivity contribution in [3.63, 3.8) is 0 Å². The number of pyridine rings is 1. The molecule has 9 nitrogen and oxygen atoms in total. The SMILES string of the molecule is COC(=O)c1ccc(-c2csc(N3C4CC[C@@H]3CC(OCc3c(-c5ccccc5OC(F)(F)F)noc3C3CC3)C4)n2)cn1. The zero-order chi connectivity index (χ0) is 30.4.